The monoisotopic (exact) mass is 560 g/mol. The van der Waals surface area contributed by atoms with Crippen molar-refractivity contribution in [2.45, 2.75) is 43.4 Å². The SMILES string of the molecule is CCc1cccc(CNCC(O)C(Cc2cc(F)cc(F)c2)NC(=O)c2cccc(-c3ccccc3SC)c2)c1. The highest BCUT2D eigenvalue weighted by Crippen LogP contribution is 2.30. The first-order valence-corrected chi connectivity index (χ1v) is 14.5. The molecule has 0 heterocycles. The number of carbonyl (C=O) groups is 1. The number of hydrogen-bond donors (Lipinski definition) is 3. The number of aliphatic hydroxyl groups excluding tert-OH is 1. The average molecular weight is 561 g/mol. The van der Waals surface area contributed by atoms with Gasteiger partial charge in [-0.15, -0.1) is 11.8 Å². The van der Waals surface area contributed by atoms with E-state index in [2.05, 4.69) is 29.7 Å². The molecular formula is C33H34F2N2O2S. The number of benzene rings is 4. The highest BCUT2D eigenvalue weighted by Gasteiger charge is 2.23. The summed E-state index contributed by atoms with van der Waals surface area (Å²) in [4.78, 5) is 14.5. The summed E-state index contributed by atoms with van der Waals surface area (Å²) in [6.07, 6.45) is 1.98. The van der Waals surface area contributed by atoms with Crippen LogP contribution in [0.2, 0.25) is 0 Å². The van der Waals surface area contributed by atoms with Crippen LogP contribution in [-0.4, -0.2) is 36.0 Å². The number of halogens is 2. The normalized spacial score (nSPS) is 12.6. The summed E-state index contributed by atoms with van der Waals surface area (Å²) in [5.41, 5.74) is 5.01. The predicted octanol–water partition coefficient (Wildman–Crippen LogP) is 6.41. The second-order valence-corrected chi connectivity index (χ2v) is 10.6. The average Bonchev–Trinajstić information content (AvgIpc) is 2.96. The summed E-state index contributed by atoms with van der Waals surface area (Å²) in [6, 6.07) is 25.9. The molecule has 0 saturated heterocycles. The van der Waals surface area contributed by atoms with Crippen LogP contribution in [0.15, 0.2) is 95.9 Å². The summed E-state index contributed by atoms with van der Waals surface area (Å²) < 4.78 is 27.8. The molecule has 0 bridgehead atoms. The fourth-order valence-corrected chi connectivity index (χ4v) is 5.32. The van der Waals surface area contributed by atoms with E-state index >= 15 is 0 Å². The summed E-state index contributed by atoms with van der Waals surface area (Å²) in [6.45, 7) is 2.81. The number of carbonyl (C=O) groups excluding carboxylic acids is 1. The van der Waals surface area contributed by atoms with Crippen molar-refractivity contribution >= 4 is 17.7 Å². The van der Waals surface area contributed by atoms with Gasteiger partial charge in [0.2, 0.25) is 0 Å². The molecule has 0 radical (unpaired) electrons. The minimum atomic E-state index is -1.01. The van der Waals surface area contributed by atoms with Crippen LogP contribution in [0.1, 0.15) is 34.0 Å². The Balaban J connectivity index is 1.51. The Hall–Kier alpha value is -3.52. The molecule has 4 nitrogen and oxygen atoms in total. The zero-order valence-corrected chi connectivity index (χ0v) is 23.5. The first-order valence-electron chi connectivity index (χ1n) is 13.3. The van der Waals surface area contributed by atoms with Crippen molar-refractivity contribution < 1.29 is 18.7 Å². The molecule has 1 amide bonds. The smallest absolute Gasteiger partial charge is 0.251 e. The molecule has 3 N–H and O–H groups in total. The zero-order chi connectivity index (χ0) is 28.5. The van der Waals surface area contributed by atoms with E-state index in [1.54, 1.807) is 17.8 Å². The third-order valence-corrected chi connectivity index (χ3v) is 7.58. The maximum atomic E-state index is 13.9. The van der Waals surface area contributed by atoms with E-state index in [-0.39, 0.29) is 18.9 Å². The molecular weight excluding hydrogens is 526 g/mol. The molecule has 208 valence electrons. The van der Waals surface area contributed by atoms with Crippen molar-refractivity contribution in [1.82, 2.24) is 10.6 Å². The van der Waals surface area contributed by atoms with Gasteiger partial charge in [0.1, 0.15) is 11.6 Å². The van der Waals surface area contributed by atoms with Crippen molar-refractivity contribution in [2.24, 2.45) is 0 Å². The number of thioether (sulfide) groups is 1. The van der Waals surface area contributed by atoms with Gasteiger partial charge in [-0.3, -0.25) is 4.79 Å². The minimum absolute atomic E-state index is 0.0591. The van der Waals surface area contributed by atoms with Gasteiger partial charge >= 0.3 is 0 Å². The van der Waals surface area contributed by atoms with Crippen molar-refractivity contribution in [3.8, 4) is 11.1 Å². The van der Waals surface area contributed by atoms with Crippen LogP contribution in [0.3, 0.4) is 0 Å². The number of aliphatic hydroxyl groups is 1. The number of hydrogen-bond acceptors (Lipinski definition) is 4. The number of aryl methyl sites for hydroxylation is 1. The second kappa shape index (κ2) is 14.2. The largest absolute Gasteiger partial charge is 0.390 e. The van der Waals surface area contributed by atoms with Gasteiger partial charge < -0.3 is 15.7 Å². The molecule has 40 heavy (non-hydrogen) atoms. The number of amides is 1. The third-order valence-electron chi connectivity index (χ3n) is 6.78. The van der Waals surface area contributed by atoms with Crippen molar-refractivity contribution in [1.29, 1.82) is 0 Å². The number of rotatable bonds is 12. The van der Waals surface area contributed by atoms with E-state index < -0.39 is 23.8 Å². The summed E-state index contributed by atoms with van der Waals surface area (Å²) in [5, 5.41) is 17.3. The molecule has 7 heteroatoms. The van der Waals surface area contributed by atoms with Gasteiger partial charge in [-0.1, -0.05) is 61.5 Å². The standard InChI is InChI=1S/C33H34F2N2O2S/c1-3-22-8-6-9-23(14-22)20-36-21-31(38)30(17-24-15-27(34)19-28(35)16-24)37-33(39)26-11-7-10-25(18-26)29-12-4-5-13-32(29)40-2/h4-16,18-19,30-31,36,38H,3,17,20-21H2,1-2H3,(H,37,39). The Morgan fingerprint density at radius 1 is 0.875 bits per heavy atom. The molecule has 4 rings (SSSR count). The molecule has 0 aliphatic rings. The van der Waals surface area contributed by atoms with Crippen LogP contribution in [-0.2, 0) is 19.4 Å². The van der Waals surface area contributed by atoms with E-state index in [1.165, 1.54) is 17.7 Å². The Kier molecular flexibility index (Phi) is 10.5. The van der Waals surface area contributed by atoms with Crippen LogP contribution in [0.25, 0.3) is 11.1 Å². The molecule has 2 unspecified atom stereocenters. The fraction of sp³-hybridized carbons (Fsp3) is 0.242. The van der Waals surface area contributed by atoms with E-state index in [0.29, 0.717) is 17.7 Å². The lowest BCUT2D eigenvalue weighted by atomic mass is 9.99. The lowest BCUT2D eigenvalue weighted by Crippen LogP contribution is -2.48. The zero-order valence-electron chi connectivity index (χ0n) is 22.7. The summed E-state index contributed by atoms with van der Waals surface area (Å²) in [7, 11) is 0. The van der Waals surface area contributed by atoms with Crippen LogP contribution >= 0.6 is 11.8 Å². The molecule has 4 aromatic carbocycles. The Bertz CT molecular complexity index is 1430. The van der Waals surface area contributed by atoms with Gasteiger partial charge in [-0.25, -0.2) is 8.78 Å². The quantitative estimate of drug-likeness (QED) is 0.175. The van der Waals surface area contributed by atoms with Gasteiger partial charge in [0.05, 0.1) is 12.1 Å². The molecule has 2 atom stereocenters. The van der Waals surface area contributed by atoms with Crippen molar-refractivity contribution in [3.63, 3.8) is 0 Å². The first kappa shape index (κ1) is 29.5. The van der Waals surface area contributed by atoms with E-state index in [9.17, 15) is 18.7 Å². The van der Waals surface area contributed by atoms with Crippen LogP contribution in [0, 0.1) is 11.6 Å². The van der Waals surface area contributed by atoms with E-state index in [0.717, 1.165) is 34.1 Å². The van der Waals surface area contributed by atoms with Gasteiger partial charge in [-0.05, 0) is 77.2 Å². The predicted molar refractivity (Wildman–Crippen MR) is 159 cm³/mol. The van der Waals surface area contributed by atoms with Crippen molar-refractivity contribution in [2.75, 3.05) is 12.8 Å². The highest BCUT2D eigenvalue weighted by molar-refractivity contribution is 7.98. The minimum Gasteiger partial charge on any atom is -0.390 e. The molecule has 0 fully saturated rings. The lowest BCUT2D eigenvalue weighted by Gasteiger charge is -2.25. The topological polar surface area (TPSA) is 61.4 Å². The van der Waals surface area contributed by atoms with Crippen molar-refractivity contribution in [3.05, 3.63) is 125 Å². The third kappa shape index (κ3) is 8.01. The molecule has 0 aromatic heterocycles. The van der Waals surface area contributed by atoms with E-state index in [1.807, 2.05) is 60.9 Å². The fourth-order valence-electron chi connectivity index (χ4n) is 4.69. The molecule has 0 spiro atoms. The molecule has 0 aliphatic carbocycles. The van der Waals surface area contributed by atoms with Crippen LogP contribution < -0.4 is 10.6 Å². The van der Waals surface area contributed by atoms with Crippen LogP contribution in [0.4, 0.5) is 8.78 Å². The number of nitrogens with one attached hydrogen (secondary N) is 2. The second-order valence-electron chi connectivity index (χ2n) is 9.71. The Morgan fingerprint density at radius 3 is 2.35 bits per heavy atom. The molecule has 0 saturated carbocycles. The van der Waals surface area contributed by atoms with Gasteiger partial charge in [-0.2, -0.15) is 0 Å². The Labute approximate surface area is 238 Å². The first-order chi connectivity index (χ1) is 19.4. The highest BCUT2D eigenvalue weighted by atomic mass is 32.2. The maximum Gasteiger partial charge on any atom is 0.251 e. The van der Waals surface area contributed by atoms with Gasteiger partial charge in [0.25, 0.3) is 5.91 Å². The molecule has 0 aliphatic heterocycles. The van der Waals surface area contributed by atoms with Gasteiger partial charge in [0.15, 0.2) is 0 Å². The molecule has 4 aromatic rings. The van der Waals surface area contributed by atoms with E-state index in [4.69, 9.17) is 0 Å². The maximum absolute atomic E-state index is 13.9. The summed E-state index contributed by atoms with van der Waals surface area (Å²) in [5.74, 6) is -1.78. The lowest BCUT2D eigenvalue weighted by molar-refractivity contribution is 0.0830. The summed E-state index contributed by atoms with van der Waals surface area (Å²) >= 11 is 1.63. The van der Waals surface area contributed by atoms with Gasteiger partial charge in [0, 0.05) is 29.6 Å². The van der Waals surface area contributed by atoms with Crippen LogP contribution in [0.5, 0.6) is 0 Å². The Morgan fingerprint density at radius 2 is 1.60 bits per heavy atom.